The number of amides is 1. The van der Waals surface area contributed by atoms with E-state index in [0.717, 1.165) is 0 Å². The largest absolute Gasteiger partial charge is 0.466 e. The van der Waals surface area contributed by atoms with Gasteiger partial charge < -0.3 is 24.3 Å². The summed E-state index contributed by atoms with van der Waals surface area (Å²) < 4.78 is 19.9. The quantitative estimate of drug-likeness (QED) is 0.392. The summed E-state index contributed by atoms with van der Waals surface area (Å²) in [5.41, 5.74) is -0.503. The molecular formula is C14H25NO6. The zero-order valence-electron chi connectivity index (χ0n) is 13.1. The minimum absolute atomic E-state index is 0.314. The van der Waals surface area contributed by atoms with Crippen LogP contribution >= 0.6 is 0 Å². The van der Waals surface area contributed by atoms with Gasteiger partial charge in [-0.2, -0.15) is 0 Å². The molecule has 0 atom stereocenters. The SMILES string of the molecule is COC(=O)/C=C/COCCOCCNC(=O)OC(C)(C)C. The van der Waals surface area contributed by atoms with Gasteiger partial charge in [0.1, 0.15) is 5.60 Å². The Bertz CT molecular complexity index is 335. The number of carbonyl (C=O) groups is 2. The maximum atomic E-state index is 11.3. The standard InChI is InChI=1S/C14H25NO6/c1-14(2,3)21-13(17)15-7-9-20-11-10-19-8-5-6-12(16)18-4/h5-6H,7-11H2,1-4H3,(H,15,17)/b6-5+. The lowest BCUT2D eigenvalue weighted by molar-refractivity contribution is -0.134. The molecule has 0 aromatic carbocycles. The molecule has 0 spiro atoms. The molecule has 0 bridgehead atoms. The van der Waals surface area contributed by atoms with Crippen LogP contribution in [-0.2, 0) is 23.7 Å². The Balaban J connectivity index is 3.35. The van der Waals surface area contributed by atoms with E-state index in [1.165, 1.54) is 13.2 Å². The lowest BCUT2D eigenvalue weighted by Crippen LogP contribution is -2.34. The minimum atomic E-state index is -0.503. The van der Waals surface area contributed by atoms with Crippen LogP contribution in [-0.4, -0.2) is 57.7 Å². The van der Waals surface area contributed by atoms with E-state index in [0.29, 0.717) is 33.0 Å². The lowest BCUT2D eigenvalue weighted by Gasteiger charge is -2.19. The Morgan fingerprint density at radius 1 is 1.10 bits per heavy atom. The van der Waals surface area contributed by atoms with Gasteiger partial charge in [0.15, 0.2) is 0 Å². The van der Waals surface area contributed by atoms with Crippen LogP contribution in [0.4, 0.5) is 4.79 Å². The van der Waals surface area contributed by atoms with E-state index in [1.807, 2.05) is 0 Å². The highest BCUT2D eigenvalue weighted by Crippen LogP contribution is 2.05. The Labute approximate surface area is 125 Å². The van der Waals surface area contributed by atoms with Crippen molar-refractivity contribution in [3.05, 3.63) is 12.2 Å². The normalized spacial score (nSPS) is 11.4. The molecule has 7 heteroatoms. The van der Waals surface area contributed by atoms with Crippen molar-refractivity contribution in [2.75, 3.05) is 40.1 Å². The third kappa shape index (κ3) is 14.6. The predicted octanol–water partition coefficient (Wildman–Crippen LogP) is 1.27. The fourth-order valence-corrected chi connectivity index (χ4v) is 1.12. The van der Waals surface area contributed by atoms with Crippen LogP contribution in [0.15, 0.2) is 12.2 Å². The van der Waals surface area contributed by atoms with Gasteiger partial charge in [-0.15, -0.1) is 0 Å². The summed E-state index contributed by atoms with van der Waals surface area (Å²) >= 11 is 0. The van der Waals surface area contributed by atoms with E-state index < -0.39 is 17.7 Å². The third-order valence-corrected chi connectivity index (χ3v) is 1.96. The predicted molar refractivity (Wildman–Crippen MR) is 77.0 cm³/mol. The first kappa shape index (κ1) is 19.4. The van der Waals surface area contributed by atoms with Crippen LogP contribution in [0.1, 0.15) is 20.8 Å². The number of carbonyl (C=O) groups excluding carboxylic acids is 2. The first-order valence-electron chi connectivity index (χ1n) is 6.72. The van der Waals surface area contributed by atoms with Crippen LogP contribution in [0.25, 0.3) is 0 Å². The van der Waals surface area contributed by atoms with Crippen LogP contribution in [0.5, 0.6) is 0 Å². The number of hydrogen-bond acceptors (Lipinski definition) is 6. The molecule has 0 saturated heterocycles. The zero-order valence-corrected chi connectivity index (χ0v) is 13.1. The van der Waals surface area contributed by atoms with E-state index in [9.17, 15) is 9.59 Å². The van der Waals surface area contributed by atoms with Gasteiger partial charge in [0.25, 0.3) is 0 Å². The molecule has 7 nitrogen and oxygen atoms in total. The van der Waals surface area contributed by atoms with E-state index in [-0.39, 0.29) is 0 Å². The highest BCUT2D eigenvalue weighted by atomic mass is 16.6. The van der Waals surface area contributed by atoms with E-state index in [4.69, 9.17) is 14.2 Å². The monoisotopic (exact) mass is 303 g/mol. The van der Waals surface area contributed by atoms with Crippen molar-refractivity contribution in [2.24, 2.45) is 0 Å². The number of alkyl carbamates (subject to hydrolysis) is 1. The number of esters is 1. The molecule has 0 aromatic rings. The molecule has 0 heterocycles. The molecule has 1 amide bonds. The molecule has 0 saturated carbocycles. The maximum Gasteiger partial charge on any atom is 0.407 e. The summed E-state index contributed by atoms with van der Waals surface area (Å²) in [4.78, 5) is 22.0. The van der Waals surface area contributed by atoms with Crippen molar-refractivity contribution < 1.29 is 28.5 Å². The average Bonchev–Trinajstić information content (AvgIpc) is 2.38. The lowest BCUT2D eigenvalue weighted by atomic mass is 10.2. The Hall–Kier alpha value is -1.60. The number of rotatable bonds is 9. The average molecular weight is 303 g/mol. The smallest absolute Gasteiger partial charge is 0.407 e. The summed E-state index contributed by atoms with van der Waals surface area (Å²) in [5.74, 6) is -0.414. The Morgan fingerprint density at radius 2 is 1.76 bits per heavy atom. The van der Waals surface area contributed by atoms with E-state index >= 15 is 0 Å². The molecule has 122 valence electrons. The van der Waals surface area contributed by atoms with Crippen LogP contribution < -0.4 is 5.32 Å². The van der Waals surface area contributed by atoms with Gasteiger partial charge in [0, 0.05) is 12.6 Å². The molecule has 0 unspecified atom stereocenters. The fourth-order valence-electron chi connectivity index (χ4n) is 1.12. The van der Waals surface area contributed by atoms with Gasteiger partial charge in [0.2, 0.25) is 0 Å². The fraction of sp³-hybridized carbons (Fsp3) is 0.714. The molecule has 0 aliphatic heterocycles. The van der Waals surface area contributed by atoms with Crippen LogP contribution in [0.3, 0.4) is 0 Å². The van der Waals surface area contributed by atoms with Gasteiger partial charge in [-0.05, 0) is 20.8 Å². The number of hydrogen-bond donors (Lipinski definition) is 1. The topological polar surface area (TPSA) is 83.1 Å². The molecule has 0 fully saturated rings. The van der Waals surface area contributed by atoms with Crippen molar-refractivity contribution in [2.45, 2.75) is 26.4 Å². The van der Waals surface area contributed by atoms with Gasteiger partial charge in [-0.1, -0.05) is 6.08 Å². The summed E-state index contributed by atoms with van der Waals surface area (Å²) in [6.45, 7) is 7.27. The highest BCUT2D eigenvalue weighted by Gasteiger charge is 2.15. The maximum absolute atomic E-state index is 11.3. The summed E-state index contributed by atoms with van der Waals surface area (Å²) in [5, 5.41) is 2.58. The van der Waals surface area contributed by atoms with Gasteiger partial charge >= 0.3 is 12.1 Å². The van der Waals surface area contributed by atoms with Crippen molar-refractivity contribution in [3.8, 4) is 0 Å². The Kier molecular flexibility index (Phi) is 10.3. The third-order valence-electron chi connectivity index (χ3n) is 1.96. The molecule has 0 rings (SSSR count). The van der Waals surface area contributed by atoms with Gasteiger partial charge in [0.05, 0.1) is 33.5 Å². The first-order valence-corrected chi connectivity index (χ1v) is 6.72. The molecule has 1 N–H and O–H groups in total. The van der Waals surface area contributed by atoms with Crippen molar-refractivity contribution >= 4 is 12.1 Å². The van der Waals surface area contributed by atoms with Crippen LogP contribution in [0, 0.1) is 0 Å². The number of ether oxygens (including phenoxy) is 4. The first-order chi connectivity index (χ1) is 9.85. The molecule has 0 aliphatic carbocycles. The van der Waals surface area contributed by atoms with Crippen molar-refractivity contribution in [1.82, 2.24) is 5.32 Å². The summed E-state index contributed by atoms with van der Waals surface area (Å²) in [7, 11) is 1.31. The molecule has 21 heavy (non-hydrogen) atoms. The number of methoxy groups -OCH3 is 1. The van der Waals surface area contributed by atoms with E-state index in [2.05, 4.69) is 10.1 Å². The molecule has 0 aliphatic rings. The second-order valence-electron chi connectivity index (χ2n) is 5.04. The van der Waals surface area contributed by atoms with E-state index in [1.54, 1.807) is 26.8 Å². The molecule has 0 aromatic heterocycles. The summed E-state index contributed by atoms with van der Waals surface area (Å²) in [6, 6.07) is 0. The number of nitrogens with one attached hydrogen (secondary N) is 1. The Morgan fingerprint density at radius 3 is 2.38 bits per heavy atom. The minimum Gasteiger partial charge on any atom is -0.466 e. The summed E-state index contributed by atoms with van der Waals surface area (Å²) in [6.07, 6.45) is 2.40. The molecular weight excluding hydrogens is 278 g/mol. The van der Waals surface area contributed by atoms with Gasteiger partial charge in [-0.25, -0.2) is 9.59 Å². The van der Waals surface area contributed by atoms with Crippen molar-refractivity contribution in [1.29, 1.82) is 0 Å². The van der Waals surface area contributed by atoms with Gasteiger partial charge in [-0.3, -0.25) is 0 Å². The van der Waals surface area contributed by atoms with Crippen LogP contribution in [0.2, 0.25) is 0 Å². The second-order valence-corrected chi connectivity index (χ2v) is 5.04. The second kappa shape index (κ2) is 11.1. The highest BCUT2D eigenvalue weighted by molar-refractivity contribution is 5.81. The zero-order chi connectivity index (χ0) is 16.1. The van der Waals surface area contributed by atoms with Crippen molar-refractivity contribution in [3.63, 3.8) is 0 Å². The molecule has 0 radical (unpaired) electrons.